The lowest BCUT2D eigenvalue weighted by molar-refractivity contribution is 0.0843. The summed E-state index contributed by atoms with van der Waals surface area (Å²) in [5, 5.41) is 0. The van der Waals surface area contributed by atoms with Crippen molar-refractivity contribution in [1.82, 2.24) is 13.6 Å². The van der Waals surface area contributed by atoms with Crippen molar-refractivity contribution in [3.8, 4) is 17.7 Å². The highest BCUT2D eigenvalue weighted by molar-refractivity contribution is 6.99. The summed E-state index contributed by atoms with van der Waals surface area (Å²) >= 11 is 1.21. The Morgan fingerprint density at radius 3 is 2.71 bits per heavy atom. The first-order valence-corrected chi connectivity index (χ1v) is 8.94. The van der Waals surface area contributed by atoms with E-state index in [9.17, 15) is 4.39 Å². The lowest BCUT2D eigenvalue weighted by Gasteiger charge is -2.44. The molecule has 1 unspecified atom stereocenters. The Kier molecular flexibility index (Phi) is 4.46. The minimum absolute atomic E-state index is 0.257. The predicted molar refractivity (Wildman–Crippen MR) is 90.6 cm³/mol. The lowest BCUT2D eigenvalue weighted by atomic mass is 9.77. The van der Waals surface area contributed by atoms with Crippen LogP contribution in [-0.2, 0) is 0 Å². The van der Waals surface area contributed by atoms with Crippen LogP contribution in [0.15, 0.2) is 24.3 Å². The normalized spacial score (nSPS) is 25.1. The van der Waals surface area contributed by atoms with Gasteiger partial charge in [-0.05, 0) is 56.1 Å². The van der Waals surface area contributed by atoms with Gasteiger partial charge in [0.05, 0.1) is 11.7 Å². The van der Waals surface area contributed by atoms with E-state index in [-0.39, 0.29) is 12.4 Å². The van der Waals surface area contributed by atoms with E-state index < -0.39 is 0 Å². The van der Waals surface area contributed by atoms with Crippen molar-refractivity contribution in [2.45, 2.75) is 18.8 Å². The van der Waals surface area contributed by atoms with Crippen LogP contribution in [0.5, 0.6) is 5.88 Å². The van der Waals surface area contributed by atoms with E-state index in [2.05, 4.69) is 25.5 Å². The second-order valence-electron chi connectivity index (χ2n) is 6.30. The fraction of sp³-hybridized carbons (Fsp3) is 0.444. The summed E-state index contributed by atoms with van der Waals surface area (Å²) in [4.78, 5) is 2.50. The molecule has 1 atom stereocenters. The highest BCUT2D eigenvalue weighted by Gasteiger charge is 2.38. The van der Waals surface area contributed by atoms with Gasteiger partial charge in [-0.25, -0.2) is 4.39 Å². The van der Waals surface area contributed by atoms with Crippen LogP contribution in [0.25, 0.3) is 0 Å². The van der Waals surface area contributed by atoms with Crippen LogP contribution in [-0.4, -0.2) is 39.9 Å². The van der Waals surface area contributed by atoms with E-state index >= 15 is 0 Å². The summed E-state index contributed by atoms with van der Waals surface area (Å²) in [6.45, 7) is 3.74. The van der Waals surface area contributed by atoms with Crippen LogP contribution in [0.3, 0.4) is 0 Å². The molecule has 0 saturated carbocycles. The van der Waals surface area contributed by atoms with E-state index in [0.717, 1.165) is 17.8 Å². The number of piperidine rings is 3. The zero-order valence-corrected chi connectivity index (χ0v) is 14.1. The Morgan fingerprint density at radius 2 is 2.00 bits per heavy atom. The SMILES string of the molecule is Fc1ccc(C#CCOc2nsnc2C2CN3CCC2CC3)cc1. The number of fused-ring (bicyclic) bond motifs is 3. The maximum Gasteiger partial charge on any atom is 0.250 e. The highest BCUT2D eigenvalue weighted by atomic mass is 32.1. The molecule has 4 heterocycles. The van der Waals surface area contributed by atoms with Crippen LogP contribution in [0.2, 0.25) is 0 Å². The van der Waals surface area contributed by atoms with E-state index in [4.69, 9.17) is 4.74 Å². The number of benzene rings is 1. The first-order valence-electron chi connectivity index (χ1n) is 8.21. The van der Waals surface area contributed by atoms with Gasteiger partial charge in [0, 0.05) is 18.0 Å². The molecule has 0 amide bonds. The van der Waals surface area contributed by atoms with Crippen molar-refractivity contribution in [3.05, 3.63) is 41.3 Å². The topological polar surface area (TPSA) is 38.3 Å². The minimum atomic E-state index is -0.257. The highest BCUT2D eigenvalue weighted by Crippen LogP contribution is 2.41. The van der Waals surface area contributed by atoms with Crippen molar-refractivity contribution in [2.24, 2.45) is 5.92 Å². The van der Waals surface area contributed by atoms with Gasteiger partial charge in [-0.3, -0.25) is 0 Å². The van der Waals surface area contributed by atoms with Crippen molar-refractivity contribution < 1.29 is 9.13 Å². The zero-order valence-electron chi connectivity index (χ0n) is 13.2. The molecule has 5 rings (SSSR count). The summed E-state index contributed by atoms with van der Waals surface area (Å²) in [5.74, 6) is 7.43. The third kappa shape index (κ3) is 3.28. The number of ether oxygens (including phenoxy) is 1. The summed E-state index contributed by atoms with van der Waals surface area (Å²) in [5.41, 5.74) is 1.77. The maximum atomic E-state index is 12.9. The Bertz CT molecular complexity index is 757. The number of hydrogen-bond acceptors (Lipinski definition) is 5. The number of nitrogens with zero attached hydrogens (tertiary/aromatic N) is 3. The second kappa shape index (κ2) is 6.88. The van der Waals surface area contributed by atoms with Gasteiger partial charge in [-0.2, -0.15) is 4.37 Å². The summed E-state index contributed by atoms with van der Waals surface area (Å²) in [7, 11) is 0. The van der Waals surface area contributed by atoms with Gasteiger partial charge in [0.1, 0.15) is 11.5 Å². The standard InChI is InChI=1S/C18H18FN3OS/c19-15-5-3-13(4-6-15)2-1-11-23-18-17(20-24-21-18)16-12-22-9-7-14(16)8-10-22/h3-6,14,16H,7-12H2. The maximum absolute atomic E-state index is 12.9. The van der Waals surface area contributed by atoms with Crippen LogP contribution < -0.4 is 4.74 Å². The molecule has 3 saturated heterocycles. The van der Waals surface area contributed by atoms with Gasteiger partial charge < -0.3 is 9.64 Å². The predicted octanol–water partition coefficient (Wildman–Crippen LogP) is 2.92. The fourth-order valence-corrected chi connectivity index (χ4v) is 4.13. The molecule has 0 N–H and O–H groups in total. The molecule has 3 aliphatic heterocycles. The molecule has 0 spiro atoms. The van der Waals surface area contributed by atoms with Crippen LogP contribution >= 0.6 is 11.7 Å². The van der Waals surface area contributed by atoms with E-state index in [1.54, 1.807) is 12.1 Å². The van der Waals surface area contributed by atoms with Crippen molar-refractivity contribution in [1.29, 1.82) is 0 Å². The molecule has 3 aliphatic rings. The molecule has 2 bridgehead atoms. The third-order valence-electron chi connectivity index (χ3n) is 4.85. The fourth-order valence-electron chi connectivity index (χ4n) is 3.56. The van der Waals surface area contributed by atoms with Gasteiger partial charge in [0.15, 0.2) is 6.61 Å². The molecule has 2 aromatic rings. The van der Waals surface area contributed by atoms with E-state index in [0.29, 0.717) is 17.7 Å². The Morgan fingerprint density at radius 1 is 1.21 bits per heavy atom. The van der Waals surface area contributed by atoms with Crippen molar-refractivity contribution >= 4 is 11.7 Å². The lowest BCUT2D eigenvalue weighted by Crippen LogP contribution is -2.46. The first-order chi connectivity index (χ1) is 11.8. The largest absolute Gasteiger partial charge is 0.463 e. The van der Waals surface area contributed by atoms with Crippen LogP contribution in [0, 0.1) is 23.6 Å². The Hall–Kier alpha value is -1.97. The number of rotatable bonds is 3. The smallest absolute Gasteiger partial charge is 0.250 e. The second-order valence-corrected chi connectivity index (χ2v) is 6.82. The van der Waals surface area contributed by atoms with Crippen LogP contribution in [0.1, 0.15) is 30.0 Å². The van der Waals surface area contributed by atoms with Gasteiger partial charge in [-0.15, -0.1) is 4.37 Å². The molecule has 6 heteroatoms. The molecule has 124 valence electrons. The Balaban J connectivity index is 1.40. The molecule has 4 nitrogen and oxygen atoms in total. The number of aromatic nitrogens is 2. The monoisotopic (exact) mass is 343 g/mol. The average molecular weight is 343 g/mol. The summed E-state index contributed by atoms with van der Waals surface area (Å²) in [6.07, 6.45) is 2.48. The minimum Gasteiger partial charge on any atom is -0.463 e. The quantitative estimate of drug-likeness (QED) is 0.803. The van der Waals surface area contributed by atoms with Crippen LogP contribution in [0.4, 0.5) is 4.39 Å². The molecule has 24 heavy (non-hydrogen) atoms. The summed E-state index contributed by atoms with van der Waals surface area (Å²) in [6, 6.07) is 6.12. The average Bonchev–Trinajstić information content (AvgIpc) is 3.09. The molecular weight excluding hydrogens is 325 g/mol. The Labute approximate surface area is 145 Å². The molecule has 0 aliphatic carbocycles. The van der Waals surface area contributed by atoms with Gasteiger partial charge in [-0.1, -0.05) is 11.8 Å². The third-order valence-corrected chi connectivity index (χ3v) is 5.37. The van der Waals surface area contributed by atoms with E-state index in [1.165, 1.54) is 49.8 Å². The van der Waals surface area contributed by atoms with Gasteiger partial charge in [0.2, 0.25) is 5.88 Å². The first kappa shape index (κ1) is 15.6. The summed E-state index contributed by atoms with van der Waals surface area (Å²) < 4.78 is 27.4. The van der Waals surface area contributed by atoms with E-state index in [1.807, 2.05) is 0 Å². The molecule has 3 fully saturated rings. The zero-order chi connectivity index (χ0) is 16.4. The van der Waals surface area contributed by atoms with Crippen molar-refractivity contribution in [2.75, 3.05) is 26.2 Å². The number of hydrogen-bond donors (Lipinski definition) is 0. The molecule has 1 aromatic heterocycles. The van der Waals surface area contributed by atoms with Gasteiger partial charge >= 0.3 is 0 Å². The van der Waals surface area contributed by atoms with Crippen molar-refractivity contribution in [3.63, 3.8) is 0 Å². The molecule has 1 aromatic carbocycles. The molecule has 0 radical (unpaired) electrons. The number of halogens is 1. The molecular formula is C18H18FN3OS. The van der Waals surface area contributed by atoms with Gasteiger partial charge in [0.25, 0.3) is 0 Å².